The van der Waals surface area contributed by atoms with Crippen LogP contribution in [0.4, 0.5) is 0 Å². The number of carbonyl (C=O) groups is 2. The summed E-state index contributed by atoms with van der Waals surface area (Å²) in [5.41, 5.74) is 1.95. The van der Waals surface area contributed by atoms with Gasteiger partial charge in [-0.25, -0.2) is 4.98 Å². The van der Waals surface area contributed by atoms with Gasteiger partial charge < -0.3 is 19.1 Å². The van der Waals surface area contributed by atoms with Crippen LogP contribution in [-0.4, -0.2) is 69.6 Å². The van der Waals surface area contributed by atoms with Crippen molar-refractivity contribution in [1.82, 2.24) is 19.4 Å². The predicted molar refractivity (Wildman–Crippen MR) is 115 cm³/mol. The van der Waals surface area contributed by atoms with Gasteiger partial charge in [-0.1, -0.05) is 6.92 Å². The Kier molecular flexibility index (Phi) is 6.09. The number of amides is 2. The van der Waals surface area contributed by atoms with Crippen molar-refractivity contribution >= 4 is 22.8 Å². The molecule has 0 bridgehead atoms. The van der Waals surface area contributed by atoms with Gasteiger partial charge in [-0.3, -0.25) is 9.59 Å². The molecule has 4 rings (SSSR count). The Bertz CT molecular complexity index is 914. The Morgan fingerprint density at radius 1 is 1.13 bits per heavy atom. The van der Waals surface area contributed by atoms with Crippen molar-refractivity contribution in [2.24, 2.45) is 0 Å². The molecular weight excluding hydrogens is 380 g/mol. The van der Waals surface area contributed by atoms with Gasteiger partial charge in [-0.2, -0.15) is 0 Å². The number of hydrogen-bond acceptors (Lipinski definition) is 4. The van der Waals surface area contributed by atoms with Gasteiger partial charge in [0.1, 0.15) is 12.2 Å². The van der Waals surface area contributed by atoms with E-state index in [1.54, 1.807) is 6.20 Å². The molecule has 3 unspecified atom stereocenters. The van der Waals surface area contributed by atoms with Crippen LogP contribution in [0.15, 0.2) is 24.4 Å². The van der Waals surface area contributed by atoms with Crippen LogP contribution in [-0.2, 0) is 20.9 Å². The summed E-state index contributed by atoms with van der Waals surface area (Å²) in [6.07, 6.45) is 4.40. The number of piperidine rings is 1. The zero-order valence-electron chi connectivity index (χ0n) is 18.2. The molecule has 2 aromatic heterocycles. The fourth-order valence-corrected chi connectivity index (χ4v) is 4.90. The largest absolute Gasteiger partial charge is 0.372 e. The second-order valence-corrected chi connectivity index (χ2v) is 8.66. The van der Waals surface area contributed by atoms with Gasteiger partial charge in [0.25, 0.3) is 0 Å². The zero-order chi connectivity index (χ0) is 21.3. The summed E-state index contributed by atoms with van der Waals surface area (Å²) < 4.78 is 7.86. The Hall–Kier alpha value is -2.41. The number of fused-ring (bicyclic) bond motifs is 1. The number of rotatable bonds is 4. The first-order valence-electron chi connectivity index (χ1n) is 11.1. The number of pyridine rings is 1. The molecule has 0 radical (unpaired) electrons. The quantitative estimate of drug-likeness (QED) is 0.774. The molecule has 4 heterocycles. The number of ether oxygens (including phenoxy) is 1. The van der Waals surface area contributed by atoms with Gasteiger partial charge in [-0.15, -0.1) is 0 Å². The summed E-state index contributed by atoms with van der Waals surface area (Å²) in [5, 5.41) is 1.04. The minimum absolute atomic E-state index is 0.0451. The van der Waals surface area contributed by atoms with E-state index < -0.39 is 0 Å². The van der Waals surface area contributed by atoms with Crippen LogP contribution in [0.25, 0.3) is 11.0 Å². The van der Waals surface area contributed by atoms with Crippen LogP contribution in [0.1, 0.15) is 51.6 Å². The van der Waals surface area contributed by atoms with Crippen molar-refractivity contribution in [2.75, 3.05) is 26.2 Å². The van der Waals surface area contributed by atoms with Crippen molar-refractivity contribution in [3.63, 3.8) is 0 Å². The van der Waals surface area contributed by atoms with Crippen molar-refractivity contribution in [3.8, 4) is 0 Å². The first-order chi connectivity index (χ1) is 14.5. The Morgan fingerprint density at radius 3 is 2.63 bits per heavy atom. The lowest BCUT2D eigenvalue weighted by Gasteiger charge is -2.36. The van der Waals surface area contributed by atoms with E-state index >= 15 is 0 Å². The highest BCUT2D eigenvalue weighted by Crippen LogP contribution is 2.31. The molecule has 2 amide bonds. The maximum Gasteiger partial charge on any atom is 0.242 e. The monoisotopic (exact) mass is 412 g/mol. The highest BCUT2D eigenvalue weighted by atomic mass is 16.5. The van der Waals surface area contributed by atoms with Gasteiger partial charge in [0, 0.05) is 55.8 Å². The maximum absolute atomic E-state index is 13.2. The molecule has 0 saturated carbocycles. The van der Waals surface area contributed by atoms with E-state index in [9.17, 15) is 9.59 Å². The molecule has 2 saturated heterocycles. The number of carbonyl (C=O) groups excluding carboxylic acids is 2. The molecule has 0 spiro atoms. The van der Waals surface area contributed by atoms with Crippen molar-refractivity contribution < 1.29 is 14.3 Å². The number of nitrogens with zero attached hydrogens (tertiary/aromatic N) is 4. The number of hydrogen-bond donors (Lipinski definition) is 0. The SMILES string of the molecule is CCC(=O)N1CCCC(c2cc3cccnc3n2CC(=O)N2CC(C)OC(C)C2)C1. The standard InChI is InChI=1S/C23H32N4O3/c1-4-21(28)25-10-6-8-19(14-25)20-11-18-7-5-9-24-23(18)27(20)15-22(29)26-12-16(2)30-17(3)13-26/h5,7,9,11,16-17,19H,4,6,8,10,12-15H2,1-3H3. The first kappa shape index (κ1) is 20.8. The van der Waals surface area contributed by atoms with Gasteiger partial charge >= 0.3 is 0 Å². The Labute approximate surface area is 178 Å². The van der Waals surface area contributed by atoms with Crippen LogP contribution in [0.5, 0.6) is 0 Å². The molecule has 7 nitrogen and oxygen atoms in total. The van der Waals surface area contributed by atoms with Gasteiger partial charge in [0.15, 0.2) is 0 Å². The number of aromatic nitrogens is 2. The average Bonchev–Trinajstić information content (AvgIpc) is 3.11. The van der Waals surface area contributed by atoms with E-state index in [0.29, 0.717) is 26.1 Å². The topological polar surface area (TPSA) is 67.7 Å². The van der Waals surface area contributed by atoms with Crippen LogP contribution in [0, 0.1) is 0 Å². The van der Waals surface area contributed by atoms with Crippen LogP contribution in [0.3, 0.4) is 0 Å². The smallest absolute Gasteiger partial charge is 0.242 e. The lowest BCUT2D eigenvalue weighted by molar-refractivity contribution is -0.143. The number of likely N-dealkylation sites (tertiary alicyclic amines) is 1. The molecule has 0 aromatic carbocycles. The molecule has 2 aliphatic heterocycles. The number of morpholine rings is 1. The molecule has 7 heteroatoms. The summed E-state index contributed by atoms with van der Waals surface area (Å²) in [6.45, 7) is 8.97. The summed E-state index contributed by atoms with van der Waals surface area (Å²) in [4.78, 5) is 34.0. The van der Waals surface area contributed by atoms with Crippen LogP contribution >= 0.6 is 0 Å². The minimum atomic E-state index is 0.0451. The molecule has 162 valence electrons. The Balaban J connectivity index is 1.62. The second-order valence-electron chi connectivity index (χ2n) is 8.66. The van der Waals surface area contributed by atoms with E-state index in [1.165, 1.54) is 0 Å². The lowest BCUT2D eigenvalue weighted by Crippen LogP contribution is -2.49. The predicted octanol–water partition coefficient (Wildman–Crippen LogP) is 2.79. The molecule has 2 aromatic rings. The minimum Gasteiger partial charge on any atom is -0.372 e. The highest BCUT2D eigenvalue weighted by Gasteiger charge is 2.30. The zero-order valence-corrected chi connectivity index (χ0v) is 18.2. The fourth-order valence-electron chi connectivity index (χ4n) is 4.90. The average molecular weight is 413 g/mol. The lowest BCUT2D eigenvalue weighted by atomic mass is 9.94. The van der Waals surface area contributed by atoms with Crippen molar-refractivity contribution in [1.29, 1.82) is 0 Å². The summed E-state index contributed by atoms with van der Waals surface area (Å²) in [6, 6.07) is 6.13. The van der Waals surface area contributed by atoms with Crippen molar-refractivity contribution in [2.45, 2.75) is 64.7 Å². The van der Waals surface area contributed by atoms with E-state index in [2.05, 4.69) is 15.6 Å². The van der Waals surface area contributed by atoms with Crippen LogP contribution in [0.2, 0.25) is 0 Å². The normalized spacial score (nSPS) is 25.0. The van der Waals surface area contributed by atoms with Crippen molar-refractivity contribution in [3.05, 3.63) is 30.1 Å². The molecular formula is C23H32N4O3. The molecule has 30 heavy (non-hydrogen) atoms. The summed E-state index contributed by atoms with van der Waals surface area (Å²) >= 11 is 0. The third kappa shape index (κ3) is 4.21. The first-order valence-corrected chi connectivity index (χ1v) is 11.1. The van der Waals surface area contributed by atoms with Crippen LogP contribution < -0.4 is 0 Å². The molecule has 0 N–H and O–H groups in total. The maximum atomic E-state index is 13.2. The second kappa shape index (κ2) is 8.76. The third-order valence-corrected chi connectivity index (χ3v) is 6.25. The molecule has 0 aliphatic carbocycles. The third-order valence-electron chi connectivity index (χ3n) is 6.25. The molecule has 2 fully saturated rings. The van der Waals surface area contributed by atoms with Gasteiger partial charge in [-0.05, 0) is 44.9 Å². The van der Waals surface area contributed by atoms with Gasteiger partial charge in [0.05, 0.1) is 12.2 Å². The molecule has 2 aliphatic rings. The summed E-state index contributed by atoms with van der Waals surface area (Å²) in [7, 11) is 0. The van der Waals surface area contributed by atoms with Gasteiger partial charge in [0.2, 0.25) is 11.8 Å². The molecule has 3 atom stereocenters. The Morgan fingerprint density at radius 2 is 1.90 bits per heavy atom. The summed E-state index contributed by atoms with van der Waals surface area (Å²) in [5.74, 6) is 0.519. The van der Waals surface area contributed by atoms with E-state index in [4.69, 9.17) is 4.74 Å². The fraction of sp³-hybridized carbons (Fsp3) is 0.609. The van der Waals surface area contributed by atoms with E-state index in [0.717, 1.165) is 36.1 Å². The highest BCUT2D eigenvalue weighted by molar-refractivity contribution is 5.82. The van der Waals surface area contributed by atoms with E-state index in [1.807, 2.05) is 42.7 Å². The van der Waals surface area contributed by atoms with E-state index in [-0.39, 0.29) is 36.5 Å².